The number of aromatic nitrogens is 1. The lowest BCUT2D eigenvalue weighted by molar-refractivity contribution is 0.222. The Balaban J connectivity index is 2.15. The fourth-order valence-electron chi connectivity index (χ4n) is 3.34. The quantitative estimate of drug-likeness (QED) is 0.909. The molecule has 2 N–H and O–H groups in total. The minimum absolute atomic E-state index is 0.310. The summed E-state index contributed by atoms with van der Waals surface area (Å²) >= 11 is 0. The van der Waals surface area contributed by atoms with Gasteiger partial charge in [0, 0.05) is 36.9 Å². The number of aryl methyl sites for hydroxylation is 1. The van der Waals surface area contributed by atoms with Crippen LogP contribution in [-0.4, -0.2) is 30.0 Å². The van der Waals surface area contributed by atoms with Crippen LogP contribution in [0, 0.1) is 6.92 Å². The van der Waals surface area contributed by atoms with E-state index in [1.165, 1.54) is 16.7 Å². The molecule has 1 aliphatic heterocycles. The summed E-state index contributed by atoms with van der Waals surface area (Å²) in [6.07, 6.45) is 1.88. The predicted molar refractivity (Wildman–Crippen MR) is 81.7 cm³/mol. The van der Waals surface area contributed by atoms with E-state index in [0.29, 0.717) is 18.5 Å². The van der Waals surface area contributed by atoms with Gasteiger partial charge in [0.25, 0.3) is 0 Å². The predicted octanol–water partition coefficient (Wildman–Crippen LogP) is 2.47. The van der Waals surface area contributed by atoms with Crippen LogP contribution in [0.5, 0.6) is 0 Å². The van der Waals surface area contributed by atoms with E-state index in [4.69, 9.17) is 5.73 Å². The van der Waals surface area contributed by atoms with Crippen molar-refractivity contribution in [3.8, 4) is 0 Å². The summed E-state index contributed by atoms with van der Waals surface area (Å²) in [5.74, 6) is 0.334. The minimum Gasteiger partial charge on any atom is -0.329 e. The van der Waals surface area contributed by atoms with E-state index in [1.54, 1.807) is 0 Å². The number of nitrogens with two attached hydrogens (primary N) is 1. The highest BCUT2D eigenvalue weighted by Gasteiger charge is 2.32. The SMILES string of the molecule is Cc1cccc2c1C(c1ccccn1)CN(C)C2CN. The van der Waals surface area contributed by atoms with Crippen LogP contribution in [0.4, 0.5) is 0 Å². The minimum atomic E-state index is 0.310. The first-order valence-corrected chi connectivity index (χ1v) is 7.13. The van der Waals surface area contributed by atoms with Gasteiger partial charge in [-0.1, -0.05) is 24.3 Å². The Morgan fingerprint density at radius 2 is 2.10 bits per heavy atom. The monoisotopic (exact) mass is 267 g/mol. The van der Waals surface area contributed by atoms with Gasteiger partial charge >= 0.3 is 0 Å². The molecule has 1 aliphatic rings. The summed E-state index contributed by atoms with van der Waals surface area (Å²) in [5, 5.41) is 0. The maximum Gasteiger partial charge on any atom is 0.0491 e. The molecule has 3 heteroatoms. The molecule has 0 spiro atoms. The molecule has 0 amide bonds. The van der Waals surface area contributed by atoms with Crippen molar-refractivity contribution in [3.05, 3.63) is 65.0 Å². The van der Waals surface area contributed by atoms with E-state index in [1.807, 2.05) is 12.3 Å². The van der Waals surface area contributed by atoms with Crippen molar-refractivity contribution in [1.29, 1.82) is 0 Å². The molecular weight excluding hydrogens is 246 g/mol. The molecule has 1 aromatic carbocycles. The Bertz CT molecular complexity index is 594. The second-order valence-electron chi connectivity index (χ2n) is 5.58. The molecule has 3 nitrogen and oxygen atoms in total. The van der Waals surface area contributed by atoms with Crippen LogP contribution < -0.4 is 5.73 Å². The van der Waals surface area contributed by atoms with Crippen LogP contribution in [-0.2, 0) is 0 Å². The smallest absolute Gasteiger partial charge is 0.0491 e. The molecule has 0 aliphatic carbocycles. The standard InChI is InChI=1S/C17H21N3/c1-12-6-5-7-13-16(10-18)20(2)11-14(17(12)13)15-8-3-4-9-19-15/h3-9,14,16H,10-11,18H2,1-2H3. The van der Waals surface area contributed by atoms with Gasteiger partial charge in [0.15, 0.2) is 0 Å². The van der Waals surface area contributed by atoms with Crippen LogP contribution in [0.2, 0.25) is 0 Å². The van der Waals surface area contributed by atoms with Gasteiger partial charge in [0.1, 0.15) is 0 Å². The summed E-state index contributed by atoms with van der Waals surface area (Å²) < 4.78 is 0. The Hall–Kier alpha value is -1.71. The number of benzene rings is 1. The lowest BCUT2D eigenvalue weighted by Crippen LogP contribution is -2.39. The van der Waals surface area contributed by atoms with Crippen molar-refractivity contribution in [2.45, 2.75) is 18.9 Å². The van der Waals surface area contributed by atoms with Gasteiger partial charge in [-0.05, 0) is 42.8 Å². The first-order chi connectivity index (χ1) is 9.72. The average Bonchev–Trinajstić information content (AvgIpc) is 2.47. The molecule has 2 aromatic rings. The van der Waals surface area contributed by atoms with Crippen LogP contribution in [0.15, 0.2) is 42.6 Å². The number of fused-ring (bicyclic) bond motifs is 1. The van der Waals surface area contributed by atoms with E-state index in [2.05, 4.69) is 54.2 Å². The van der Waals surface area contributed by atoms with Crippen LogP contribution in [0.3, 0.4) is 0 Å². The maximum atomic E-state index is 5.99. The summed E-state index contributed by atoms with van der Waals surface area (Å²) in [6, 6.07) is 13.0. The molecule has 0 radical (unpaired) electrons. The molecule has 1 aromatic heterocycles. The molecule has 2 unspecified atom stereocenters. The van der Waals surface area contributed by atoms with E-state index in [9.17, 15) is 0 Å². The van der Waals surface area contributed by atoms with E-state index in [-0.39, 0.29) is 0 Å². The number of hydrogen-bond acceptors (Lipinski definition) is 3. The third kappa shape index (κ3) is 2.13. The zero-order valence-corrected chi connectivity index (χ0v) is 12.1. The van der Waals surface area contributed by atoms with Gasteiger partial charge in [-0.3, -0.25) is 9.88 Å². The third-order valence-corrected chi connectivity index (χ3v) is 4.34. The van der Waals surface area contributed by atoms with Crippen molar-refractivity contribution in [2.24, 2.45) is 5.73 Å². The van der Waals surface area contributed by atoms with Gasteiger partial charge in [0.2, 0.25) is 0 Å². The second kappa shape index (κ2) is 5.35. The van der Waals surface area contributed by atoms with E-state index >= 15 is 0 Å². The zero-order chi connectivity index (χ0) is 14.1. The molecule has 0 saturated heterocycles. The van der Waals surface area contributed by atoms with E-state index < -0.39 is 0 Å². The number of nitrogens with zero attached hydrogens (tertiary/aromatic N) is 2. The second-order valence-corrected chi connectivity index (χ2v) is 5.58. The van der Waals surface area contributed by atoms with Crippen molar-refractivity contribution in [1.82, 2.24) is 9.88 Å². The Morgan fingerprint density at radius 1 is 1.25 bits per heavy atom. The van der Waals surface area contributed by atoms with Gasteiger partial charge < -0.3 is 5.73 Å². The third-order valence-electron chi connectivity index (χ3n) is 4.34. The highest BCUT2D eigenvalue weighted by Crippen LogP contribution is 2.39. The number of rotatable bonds is 2. The fraction of sp³-hybridized carbons (Fsp3) is 0.353. The fourth-order valence-corrected chi connectivity index (χ4v) is 3.34. The normalized spacial score (nSPS) is 22.6. The molecule has 2 atom stereocenters. The lowest BCUT2D eigenvalue weighted by Gasteiger charge is -2.39. The summed E-state index contributed by atoms with van der Waals surface area (Å²) in [5.41, 5.74) is 11.2. The molecule has 0 fully saturated rings. The topological polar surface area (TPSA) is 42.2 Å². The average molecular weight is 267 g/mol. The first kappa shape index (κ1) is 13.3. The highest BCUT2D eigenvalue weighted by molar-refractivity contribution is 5.45. The van der Waals surface area contributed by atoms with Crippen molar-refractivity contribution in [3.63, 3.8) is 0 Å². The summed E-state index contributed by atoms with van der Waals surface area (Å²) in [6.45, 7) is 3.81. The van der Waals surface area contributed by atoms with Gasteiger partial charge in [0.05, 0.1) is 0 Å². The van der Waals surface area contributed by atoms with Crippen molar-refractivity contribution >= 4 is 0 Å². The Labute approximate surface area is 120 Å². The number of pyridine rings is 1. The summed E-state index contributed by atoms with van der Waals surface area (Å²) in [4.78, 5) is 6.92. The molecule has 3 rings (SSSR count). The molecule has 0 bridgehead atoms. The van der Waals surface area contributed by atoms with Crippen LogP contribution >= 0.6 is 0 Å². The maximum absolute atomic E-state index is 5.99. The zero-order valence-electron chi connectivity index (χ0n) is 12.1. The summed E-state index contributed by atoms with van der Waals surface area (Å²) in [7, 11) is 2.15. The lowest BCUT2D eigenvalue weighted by atomic mass is 9.81. The number of likely N-dealkylation sites (N-methyl/N-ethyl adjacent to an activating group) is 1. The van der Waals surface area contributed by atoms with Crippen molar-refractivity contribution in [2.75, 3.05) is 20.1 Å². The molecule has 20 heavy (non-hydrogen) atoms. The van der Waals surface area contributed by atoms with E-state index in [0.717, 1.165) is 12.2 Å². The van der Waals surface area contributed by atoms with Crippen LogP contribution in [0.25, 0.3) is 0 Å². The Kier molecular flexibility index (Phi) is 3.55. The van der Waals surface area contributed by atoms with Gasteiger partial charge in [-0.25, -0.2) is 0 Å². The largest absolute Gasteiger partial charge is 0.329 e. The number of hydrogen-bond donors (Lipinski definition) is 1. The van der Waals surface area contributed by atoms with Crippen LogP contribution in [0.1, 0.15) is 34.3 Å². The molecule has 0 saturated carbocycles. The van der Waals surface area contributed by atoms with Crippen molar-refractivity contribution < 1.29 is 0 Å². The molecular formula is C17H21N3. The molecule has 104 valence electrons. The highest BCUT2D eigenvalue weighted by atomic mass is 15.1. The Morgan fingerprint density at radius 3 is 2.80 bits per heavy atom. The van der Waals surface area contributed by atoms with Gasteiger partial charge in [-0.2, -0.15) is 0 Å². The molecule has 2 heterocycles. The van der Waals surface area contributed by atoms with Gasteiger partial charge in [-0.15, -0.1) is 0 Å². The first-order valence-electron chi connectivity index (χ1n) is 7.13.